The molecule has 0 unspecified atom stereocenters. The predicted octanol–water partition coefficient (Wildman–Crippen LogP) is 2.92. The van der Waals surface area contributed by atoms with Crippen LogP contribution in [0.4, 0.5) is 0 Å². The van der Waals surface area contributed by atoms with Crippen molar-refractivity contribution < 1.29 is 4.74 Å². The summed E-state index contributed by atoms with van der Waals surface area (Å²) in [6, 6.07) is 16.6. The Balaban J connectivity index is 2.06. The number of hydrogen-bond donors (Lipinski definition) is 0. The standard InChI is InChI=1S/C15H15AsOS/c1-18-11-13-7-8-14(16)15(9-13)17-10-12-5-3-2-4-6-12/h2-9H,10-11H2,1H3. The molecule has 0 saturated carbocycles. The van der Waals surface area contributed by atoms with Crippen LogP contribution in [0, 0.1) is 0 Å². The second kappa shape index (κ2) is 6.92. The topological polar surface area (TPSA) is 9.23 Å². The van der Waals surface area contributed by atoms with Crippen LogP contribution in [-0.4, -0.2) is 23.1 Å². The van der Waals surface area contributed by atoms with Gasteiger partial charge in [-0.25, -0.2) is 0 Å². The molecule has 2 aromatic carbocycles. The van der Waals surface area contributed by atoms with E-state index in [-0.39, 0.29) is 0 Å². The minimum absolute atomic E-state index is 0.619. The van der Waals surface area contributed by atoms with E-state index in [1.165, 1.54) is 11.1 Å². The van der Waals surface area contributed by atoms with E-state index in [1.807, 2.05) is 30.0 Å². The zero-order valence-corrected chi connectivity index (χ0v) is 13.0. The molecule has 2 radical (unpaired) electrons. The Labute approximate surface area is 121 Å². The zero-order chi connectivity index (χ0) is 12.8. The summed E-state index contributed by atoms with van der Waals surface area (Å²) >= 11 is 4.39. The maximum atomic E-state index is 5.88. The Morgan fingerprint density at radius 3 is 2.56 bits per heavy atom. The predicted molar refractivity (Wildman–Crippen MR) is 79.8 cm³/mol. The van der Waals surface area contributed by atoms with Crippen LogP contribution < -0.4 is 9.09 Å². The molecule has 0 aliphatic rings. The SMILES string of the molecule is CSCc1ccc([As])c(OCc2ccccc2)c1. The number of thioether (sulfide) groups is 1. The first kappa shape index (κ1) is 13.6. The normalized spacial score (nSPS) is 10.3. The van der Waals surface area contributed by atoms with E-state index in [0.29, 0.717) is 6.61 Å². The summed E-state index contributed by atoms with van der Waals surface area (Å²) in [5.74, 6) is 1.99. The van der Waals surface area contributed by atoms with Gasteiger partial charge in [-0.05, 0) is 0 Å². The third-order valence-electron chi connectivity index (χ3n) is 2.57. The summed E-state index contributed by atoms with van der Waals surface area (Å²) in [6.45, 7) is 0.619. The monoisotopic (exact) mass is 318 g/mol. The van der Waals surface area contributed by atoms with Crippen LogP contribution in [0.3, 0.4) is 0 Å². The molecule has 0 atom stereocenters. The van der Waals surface area contributed by atoms with Crippen molar-refractivity contribution in [3.63, 3.8) is 0 Å². The van der Waals surface area contributed by atoms with Crippen LogP contribution in [0.5, 0.6) is 5.75 Å². The second-order valence-corrected chi connectivity index (χ2v) is 5.89. The molecular weight excluding hydrogens is 303 g/mol. The van der Waals surface area contributed by atoms with Crippen LogP contribution in [0.1, 0.15) is 11.1 Å². The molecule has 3 heteroatoms. The van der Waals surface area contributed by atoms with Gasteiger partial charge in [-0.1, -0.05) is 0 Å². The van der Waals surface area contributed by atoms with E-state index in [1.54, 1.807) is 0 Å². The van der Waals surface area contributed by atoms with Crippen molar-refractivity contribution in [1.82, 2.24) is 0 Å². The van der Waals surface area contributed by atoms with Gasteiger partial charge in [0.1, 0.15) is 0 Å². The number of benzene rings is 2. The van der Waals surface area contributed by atoms with E-state index in [4.69, 9.17) is 4.74 Å². The first-order valence-electron chi connectivity index (χ1n) is 5.77. The van der Waals surface area contributed by atoms with Gasteiger partial charge in [0.15, 0.2) is 0 Å². The molecule has 0 saturated heterocycles. The van der Waals surface area contributed by atoms with Gasteiger partial charge >= 0.3 is 122 Å². The first-order chi connectivity index (χ1) is 8.79. The molecule has 2 rings (SSSR count). The third kappa shape index (κ3) is 3.83. The van der Waals surface area contributed by atoms with Gasteiger partial charge in [0.05, 0.1) is 0 Å². The van der Waals surface area contributed by atoms with E-state index >= 15 is 0 Å². The molecule has 0 aromatic heterocycles. The first-order valence-corrected chi connectivity index (χ1v) is 8.10. The molecule has 0 N–H and O–H groups in total. The molecule has 0 amide bonds. The minimum atomic E-state index is 0.619. The molecule has 0 spiro atoms. The van der Waals surface area contributed by atoms with Gasteiger partial charge in [0, 0.05) is 0 Å². The Hall–Kier alpha value is -0.852. The summed E-state index contributed by atoms with van der Waals surface area (Å²) in [7, 11) is 0. The van der Waals surface area contributed by atoms with Gasteiger partial charge in [0.2, 0.25) is 0 Å². The summed E-state index contributed by atoms with van der Waals surface area (Å²) in [5, 5.41) is 0. The molecule has 0 fully saturated rings. The summed E-state index contributed by atoms with van der Waals surface area (Å²) in [4.78, 5) is 0. The van der Waals surface area contributed by atoms with Gasteiger partial charge in [-0.15, -0.1) is 0 Å². The molecule has 1 nitrogen and oxygen atoms in total. The van der Waals surface area contributed by atoms with Crippen LogP contribution in [-0.2, 0) is 12.4 Å². The van der Waals surface area contributed by atoms with Crippen molar-refractivity contribution in [2.45, 2.75) is 12.4 Å². The number of hydrogen-bond acceptors (Lipinski definition) is 2. The quantitative estimate of drug-likeness (QED) is 0.784. The molecule has 2 aromatic rings. The van der Waals surface area contributed by atoms with Gasteiger partial charge in [-0.2, -0.15) is 0 Å². The Morgan fingerprint density at radius 2 is 1.83 bits per heavy atom. The van der Waals surface area contributed by atoms with E-state index in [9.17, 15) is 0 Å². The summed E-state index contributed by atoms with van der Waals surface area (Å²) < 4.78 is 7.01. The molecule has 92 valence electrons. The van der Waals surface area contributed by atoms with E-state index in [2.05, 4.69) is 53.4 Å². The van der Waals surface area contributed by atoms with Gasteiger partial charge < -0.3 is 0 Å². The summed E-state index contributed by atoms with van der Waals surface area (Å²) in [6.07, 6.45) is 2.11. The van der Waals surface area contributed by atoms with Crippen LogP contribution >= 0.6 is 11.8 Å². The van der Waals surface area contributed by atoms with Crippen molar-refractivity contribution in [3.05, 3.63) is 59.7 Å². The van der Waals surface area contributed by atoms with E-state index < -0.39 is 0 Å². The van der Waals surface area contributed by atoms with Crippen molar-refractivity contribution in [3.8, 4) is 5.75 Å². The molecule has 0 bridgehead atoms. The van der Waals surface area contributed by atoms with Crippen LogP contribution in [0.15, 0.2) is 48.5 Å². The molecule has 0 aliphatic heterocycles. The van der Waals surface area contributed by atoms with Crippen molar-refractivity contribution >= 4 is 33.0 Å². The molecule has 18 heavy (non-hydrogen) atoms. The molecular formula is C15H15AsOS. The average Bonchev–Trinajstić information content (AvgIpc) is 2.41. The second-order valence-electron chi connectivity index (χ2n) is 4.01. The fourth-order valence-corrected chi connectivity index (χ4v) is 2.61. The number of ether oxygens (including phenoxy) is 1. The average molecular weight is 318 g/mol. The summed E-state index contributed by atoms with van der Waals surface area (Å²) in [5.41, 5.74) is 2.50. The third-order valence-corrected chi connectivity index (χ3v) is 3.97. The molecule has 0 aliphatic carbocycles. The van der Waals surface area contributed by atoms with Gasteiger partial charge in [-0.3, -0.25) is 0 Å². The number of rotatable bonds is 5. The Kier molecular flexibility index (Phi) is 5.22. The van der Waals surface area contributed by atoms with E-state index in [0.717, 1.165) is 15.9 Å². The van der Waals surface area contributed by atoms with Crippen molar-refractivity contribution in [2.75, 3.05) is 6.26 Å². The molecule has 0 heterocycles. The van der Waals surface area contributed by atoms with Gasteiger partial charge in [0.25, 0.3) is 0 Å². The maximum absolute atomic E-state index is 5.88. The van der Waals surface area contributed by atoms with Crippen LogP contribution in [0.25, 0.3) is 0 Å². The Morgan fingerprint density at radius 1 is 1.06 bits per heavy atom. The fourth-order valence-electron chi connectivity index (χ4n) is 1.67. The fraction of sp³-hybridized carbons (Fsp3) is 0.200. The zero-order valence-electron chi connectivity index (χ0n) is 10.3. The van der Waals surface area contributed by atoms with Crippen molar-refractivity contribution in [1.29, 1.82) is 0 Å². The van der Waals surface area contributed by atoms with Crippen molar-refractivity contribution in [2.24, 2.45) is 0 Å². The Bertz CT molecular complexity index is 499. The van der Waals surface area contributed by atoms with Crippen LogP contribution in [0.2, 0.25) is 0 Å².